The second-order valence-corrected chi connectivity index (χ2v) is 3.34. The molecule has 14 heavy (non-hydrogen) atoms. The summed E-state index contributed by atoms with van der Waals surface area (Å²) in [5.41, 5.74) is 2.60. The van der Waals surface area contributed by atoms with E-state index in [0.717, 1.165) is 16.6 Å². The zero-order chi connectivity index (χ0) is 10.3. The van der Waals surface area contributed by atoms with Crippen LogP contribution in [0.1, 0.15) is 23.2 Å². The number of alkyl halides is 2. The Morgan fingerprint density at radius 2 is 2.07 bits per heavy atom. The molecule has 0 atom stereocenters. The Hall–Kier alpha value is -1.45. The van der Waals surface area contributed by atoms with Crippen LogP contribution in [0.2, 0.25) is 0 Å². The SMILES string of the molecule is Cc1[nH]c2ncc(C(F)F)cc2c1C. The highest BCUT2D eigenvalue weighted by molar-refractivity contribution is 5.81. The molecule has 0 amide bonds. The molecule has 0 spiro atoms. The molecule has 2 nitrogen and oxygen atoms in total. The minimum Gasteiger partial charge on any atom is -0.343 e. The van der Waals surface area contributed by atoms with Gasteiger partial charge in [-0.05, 0) is 25.5 Å². The van der Waals surface area contributed by atoms with Gasteiger partial charge in [0.25, 0.3) is 6.43 Å². The van der Waals surface area contributed by atoms with Gasteiger partial charge in [0.1, 0.15) is 5.65 Å². The van der Waals surface area contributed by atoms with Crippen molar-refractivity contribution in [1.82, 2.24) is 9.97 Å². The average molecular weight is 196 g/mol. The van der Waals surface area contributed by atoms with E-state index in [9.17, 15) is 8.78 Å². The van der Waals surface area contributed by atoms with E-state index < -0.39 is 6.43 Å². The summed E-state index contributed by atoms with van der Waals surface area (Å²) < 4.78 is 24.8. The fourth-order valence-corrected chi connectivity index (χ4v) is 1.46. The van der Waals surface area contributed by atoms with Crippen LogP contribution in [0.3, 0.4) is 0 Å². The normalized spacial score (nSPS) is 11.5. The highest BCUT2D eigenvalue weighted by atomic mass is 19.3. The summed E-state index contributed by atoms with van der Waals surface area (Å²) in [4.78, 5) is 6.99. The molecule has 0 aliphatic heterocycles. The summed E-state index contributed by atoms with van der Waals surface area (Å²) >= 11 is 0. The summed E-state index contributed by atoms with van der Waals surface area (Å²) in [6.45, 7) is 3.80. The molecular formula is C10H10F2N2. The number of nitrogens with one attached hydrogen (secondary N) is 1. The number of halogens is 2. The van der Waals surface area contributed by atoms with Crippen LogP contribution >= 0.6 is 0 Å². The van der Waals surface area contributed by atoms with Crippen LogP contribution in [0.4, 0.5) is 8.78 Å². The van der Waals surface area contributed by atoms with Crippen molar-refractivity contribution in [3.8, 4) is 0 Å². The van der Waals surface area contributed by atoms with Crippen molar-refractivity contribution in [2.45, 2.75) is 20.3 Å². The first-order valence-electron chi connectivity index (χ1n) is 4.32. The molecule has 4 heteroatoms. The number of aryl methyl sites for hydroxylation is 2. The lowest BCUT2D eigenvalue weighted by atomic mass is 10.1. The van der Waals surface area contributed by atoms with E-state index in [-0.39, 0.29) is 5.56 Å². The highest BCUT2D eigenvalue weighted by Gasteiger charge is 2.11. The number of nitrogens with zero attached hydrogens (tertiary/aromatic N) is 1. The van der Waals surface area contributed by atoms with Crippen molar-refractivity contribution >= 4 is 11.0 Å². The van der Waals surface area contributed by atoms with Gasteiger partial charge in [-0.2, -0.15) is 0 Å². The summed E-state index contributed by atoms with van der Waals surface area (Å²) in [5, 5.41) is 0.778. The first-order chi connectivity index (χ1) is 6.59. The number of fused-ring (bicyclic) bond motifs is 1. The van der Waals surface area contributed by atoms with Crippen molar-refractivity contribution in [1.29, 1.82) is 0 Å². The first kappa shape index (κ1) is 9.12. The van der Waals surface area contributed by atoms with Gasteiger partial charge in [-0.15, -0.1) is 0 Å². The number of hydrogen-bond donors (Lipinski definition) is 1. The number of H-pyrrole nitrogens is 1. The average Bonchev–Trinajstić information content (AvgIpc) is 2.43. The van der Waals surface area contributed by atoms with Crippen molar-refractivity contribution < 1.29 is 8.78 Å². The third-order valence-corrected chi connectivity index (χ3v) is 2.43. The quantitative estimate of drug-likeness (QED) is 0.745. The molecule has 2 heterocycles. The zero-order valence-electron chi connectivity index (χ0n) is 7.94. The van der Waals surface area contributed by atoms with E-state index in [1.54, 1.807) is 0 Å². The molecule has 0 saturated carbocycles. The molecule has 0 saturated heterocycles. The Balaban J connectivity index is 2.69. The van der Waals surface area contributed by atoms with Crippen LogP contribution in [0.5, 0.6) is 0 Å². The molecule has 1 N–H and O–H groups in total. The van der Waals surface area contributed by atoms with Crippen molar-refractivity contribution in [2.75, 3.05) is 0 Å². The Bertz CT molecular complexity index is 474. The van der Waals surface area contributed by atoms with Gasteiger partial charge in [0.2, 0.25) is 0 Å². The number of aromatic nitrogens is 2. The molecule has 2 rings (SSSR count). The number of rotatable bonds is 1. The van der Waals surface area contributed by atoms with Crippen molar-refractivity contribution in [2.24, 2.45) is 0 Å². The first-order valence-corrected chi connectivity index (χ1v) is 4.32. The van der Waals surface area contributed by atoms with E-state index in [0.29, 0.717) is 5.65 Å². The van der Waals surface area contributed by atoms with Gasteiger partial charge < -0.3 is 4.98 Å². The second kappa shape index (κ2) is 3.04. The predicted octanol–water partition coefficient (Wildman–Crippen LogP) is 3.12. The molecule has 0 unspecified atom stereocenters. The second-order valence-electron chi connectivity index (χ2n) is 3.34. The van der Waals surface area contributed by atoms with Gasteiger partial charge in [-0.3, -0.25) is 0 Å². The molecule has 74 valence electrons. The van der Waals surface area contributed by atoms with E-state index in [1.165, 1.54) is 12.3 Å². The zero-order valence-corrected chi connectivity index (χ0v) is 7.94. The van der Waals surface area contributed by atoms with Crippen molar-refractivity contribution in [3.05, 3.63) is 29.1 Å². The molecule has 0 fully saturated rings. The summed E-state index contributed by atoms with van der Waals surface area (Å²) in [5.74, 6) is 0. The smallest absolute Gasteiger partial charge is 0.265 e. The molecule has 0 aliphatic rings. The highest BCUT2D eigenvalue weighted by Crippen LogP contribution is 2.25. The van der Waals surface area contributed by atoms with Gasteiger partial charge >= 0.3 is 0 Å². The van der Waals surface area contributed by atoms with E-state index >= 15 is 0 Å². The lowest BCUT2D eigenvalue weighted by molar-refractivity contribution is 0.151. The molecular weight excluding hydrogens is 186 g/mol. The van der Waals surface area contributed by atoms with Crippen LogP contribution in [0, 0.1) is 13.8 Å². The monoisotopic (exact) mass is 196 g/mol. The standard InChI is InChI=1S/C10H10F2N2/c1-5-6(2)14-10-8(5)3-7(4-13-10)9(11)12/h3-4,9H,1-2H3,(H,13,14). The molecule has 2 aromatic rings. The lowest BCUT2D eigenvalue weighted by Gasteiger charge is -1.98. The number of hydrogen-bond acceptors (Lipinski definition) is 1. The third kappa shape index (κ3) is 1.27. The summed E-state index contributed by atoms with van der Waals surface area (Å²) in [6, 6.07) is 1.49. The fourth-order valence-electron chi connectivity index (χ4n) is 1.46. The van der Waals surface area contributed by atoms with E-state index in [1.807, 2.05) is 13.8 Å². The predicted molar refractivity (Wildman–Crippen MR) is 50.5 cm³/mol. The number of pyridine rings is 1. The minimum absolute atomic E-state index is 0.0281. The van der Waals surface area contributed by atoms with Crippen LogP contribution in [0.15, 0.2) is 12.3 Å². The van der Waals surface area contributed by atoms with Gasteiger partial charge in [-0.1, -0.05) is 0 Å². The topological polar surface area (TPSA) is 28.7 Å². The van der Waals surface area contributed by atoms with Crippen LogP contribution in [-0.2, 0) is 0 Å². The number of aromatic amines is 1. The van der Waals surface area contributed by atoms with Crippen LogP contribution < -0.4 is 0 Å². The fraction of sp³-hybridized carbons (Fsp3) is 0.300. The largest absolute Gasteiger partial charge is 0.343 e. The third-order valence-electron chi connectivity index (χ3n) is 2.43. The van der Waals surface area contributed by atoms with Crippen molar-refractivity contribution in [3.63, 3.8) is 0 Å². The maximum atomic E-state index is 12.4. The van der Waals surface area contributed by atoms with Crippen LogP contribution in [0.25, 0.3) is 11.0 Å². The van der Waals surface area contributed by atoms with Gasteiger partial charge in [-0.25, -0.2) is 13.8 Å². The Kier molecular flexibility index (Phi) is 1.98. The van der Waals surface area contributed by atoms with Gasteiger partial charge in [0.05, 0.1) is 0 Å². The van der Waals surface area contributed by atoms with E-state index in [4.69, 9.17) is 0 Å². The lowest BCUT2D eigenvalue weighted by Crippen LogP contribution is -1.86. The Morgan fingerprint density at radius 3 is 2.71 bits per heavy atom. The summed E-state index contributed by atoms with van der Waals surface area (Å²) in [6.07, 6.45) is -1.25. The molecule has 0 aromatic carbocycles. The van der Waals surface area contributed by atoms with Gasteiger partial charge in [0.15, 0.2) is 0 Å². The van der Waals surface area contributed by atoms with Crippen LogP contribution in [-0.4, -0.2) is 9.97 Å². The van der Waals surface area contributed by atoms with Gasteiger partial charge in [0, 0.05) is 22.8 Å². The molecule has 0 radical (unpaired) electrons. The van der Waals surface area contributed by atoms with E-state index in [2.05, 4.69) is 9.97 Å². The summed E-state index contributed by atoms with van der Waals surface area (Å²) in [7, 11) is 0. The molecule has 2 aromatic heterocycles. The molecule has 0 aliphatic carbocycles. The minimum atomic E-state index is -2.46. The molecule has 0 bridgehead atoms. The maximum Gasteiger partial charge on any atom is 0.265 e. The Morgan fingerprint density at radius 1 is 1.36 bits per heavy atom. The maximum absolute atomic E-state index is 12.4. The Labute approximate surface area is 80.0 Å².